The van der Waals surface area contributed by atoms with Gasteiger partial charge in [-0.3, -0.25) is 9.13 Å². The molecule has 0 bridgehead atoms. The molecule has 3 aromatic heterocycles. The molecule has 2 atom stereocenters. The van der Waals surface area contributed by atoms with Crippen molar-refractivity contribution in [3.63, 3.8) is 0 Å². The predicted octanol–water partition coefficient (Wildman–Crippen LogP) is 3.59. The molecular formula is C22H27F3N6O2. The fraction of sp³-hybridized carbons (Fsp3) is 0.545. The maximum absolute atomic E-state index is 13.2. The summed E-state index contributed by atoms with van der Waals surface area (Å²) in [5, 5.41) is 0. The van der Waals surface area contributed by atoms with Crippen molar-refractivity contribution in [2.45, 2.75) is 46.5 Å². The molecule has 33 heavy (non-hydrogen) atoms. The largest absolute Gasteiger partial charge is 0.491 e. The van der Waals surface area contributed by atoms with Gasteiger partial charge in [-0.25, -0.2) is 19.7 Å². The van der Waals surface area contributed by atoms with Crippen LogP contribution in [-0.2, 0) is 19.3 Å². The highest BCUT2D eigenvalue weighted by molar-refractivity contribution is 5.69. The number of alkyl halides is 3. The molecule has 0 aromatic carbocycles. The summed E-state index contributed by atoms with van der Waals surface area (Å²) in [6.07, 6.45) is -0.986. The third-order valence-corrected chi connectivity index (χ3v) is 5.91. The molecule has 4 heterocycles. The first-order chi connectivity index (χ1) is 15.7. The zero-order valence-electron chi connectivity index (χ0n) is 18.8. The molecule has 1 saturated heterocycles. The van der Waals surface area contributed by atoms with E-state index in [0.29, 0.717) is 36.7 Å². The van der Waals surface area contributed by atoms with Crippen LogP contribution in [0.3, 0.4) is 0 Å². The van der Waals surface area contributed by atoms with Gasteiger partial charge < -0.3 is 9.64 Å². The van der Waals surface area contributed by atoms with Crippen LogP contribution in [0.15, 0.2) is 29.3 Å². The van der Waals surface area contributed by atoms with Gasteiger partial charge in [0.1, 0.15) is 11.6 Å². The SMILES string of the molecule is CCn1c(=O)n(CC)c2nc(N3CC(C)CC(COc4cccnc4C(F)(F)F)C3)cnc21. The Morgan fingerprint density at radius 1 is 1.12 bits per heavy atom. The van der Waals surface area contributed by atoms with Crippen molar-refractivity contribution in [2.75, 3.05) is 24.6 Å². The average molecular weight is 464 g/mol. The molecule has 0 N–H and O–H groups in total. The number of piperidine rings is 1. The fourth-order valence-corrected chi connectivity index (χ4v) is 4.50. The monoisotopic (exact) mass is 464 g/mol. The van der Waals surface area contributed by atoms with Crippen LogP contribution >= 0.6 is 0 Å². The predicted molar refractivity (Wildman–Crippen MR) is 117 cm³/mol. The van der Waals surface area contributed by atoms with E-state index in [1.54, 1.807) is 15.3 Å². The van der Waals surface area contributed by atoms with Crippen LogP contribution in [0.2, 0.25) is 0 Å². The number of imidazole rings is 1. The van der Waals surface area contributed by atoms with Gasteiger partial charge in [-0.05, 0) is 38.3 Å². The van der Waals surface area contributed by atoms with Crippen molar-refractivity contribution in [1.82, 2.24) is 24.1 Å². The van der Waals surface area contributed by atoms with Gasteiger partial charge in [0.2, 0.25) is 0 Å². The van der Waals surface area contributed by atoms with Gasteiger partial charge in [-0.15, -0.1) is 0 Å². The van der Waals surface area contributed by atoms with Gasteiger partial charge >= 0.3 is 11.9 Å². The van der Waals surface area contributed by atoms with E-state index >= 15 is 0 Å². The minimum atomic E-state index is -4.57. The first kappa shape index (κ1) is 23.1. The standard InChI is InChI=1S/C22H27F3N6O2/c1-4-30-19-20(31(5-2)21(30)32)28-17(10-27-19)29-11-14(3)9-15(12-29)13-33-16-7-6-8-26-18(16)22(23,24)25/h6-8,10,14-15H,4-5,9,11-13H2,1-3H3. The van der Waals surface area contributed by atoms with E-state index < -0.39 is 11.9 Å². The highest BCUT2D eigenvalue weighted by Crippen LogP contribution is 2.35. The molecule has 4 rings (SSSR count). The van der Waals surface area contributed by atoms with Gasteiger partial charge in [0.05, 0.1) is 12.8 Å². The number of nitrogens with zero attached hydrogens (tertiary/aromatic N) is 6. The molecule has 1 fully saturated rings. The van der Waals surface area contributed by atoms with Gasteiger partial charge in [0, 0.05) is 38.3 Å². The zero-order chi connectivity index (χ0) is 23.8. The Morgan fingerprint density at radius 3 is 2.55 bits per heavy atom. The minimum Gasteiger partial charge on any atom is -0.491 e. The van der Waals surface area contributed by atoms with Crippen molar-refractivity contribution in [3.05, 3.63) is 40.7 Å². The number of rotatable bonds is 6. The van der Waals surface area contributed by atoms with Crippen LogP contribution in [0.5, 0.6) is 5.75 Å². The smallest absolute Gasteiger partial charge is 0.437 e. The Morgan fingerprint density at radius 2 is 1.85 bits per heavy atom. The number of hydrogen-bond acceptors (Lipinski definition) is 6. The first-order valence-corrected chi connectivity index (χ1v) is 11.1. The quantitative estimate of drug-likeness (QED) is 0.555. The van der Waals surface area contributed by atoms with Crippen molar-refractivity contribution in [1.29, 1.82) is 0 Å². The lowest BCUT2D eigenvalue weighted by atomic mass is 9.91. The van der Waals surface area contributed by atoms with Crippen molar-refractivity contribution >= 4 is 17.1 Å². The van der Waals surface area contributed by atoms with Gasteiger partial charge in [0.15, 0.2) is 17.0 Å². The maximum atomic E-state index is 13.2. The summed E-state index contributed by atoms with van der Waals surface area (Å²) in [7, 11) is 0. The Hall–Kier alpha value is -3.11. The van der Waals surface area contributed by atoms with Crippen molar-refractivity contribution in [3.8, 4) is 5.75 Å². The molecule has 11 heteroatoms. The van der Waals surface area contributed by atoms with E-state index in [1.165, 1.54) is 12.1 Å². The van der Waals surface area contributed by atoms with Crippen LogP contribution in [0.4, 0.5) is 19.0 Å². The van der Waals surface area contributed by atoms with E-state index in [4.69, 9.17) is 9.72 Å². The third-order valence-electron chi connectivity index (χ3n) is 5.91. The highest BCUT2D eigenvalue weighted by Gasteiger charge is 2.36. The number of pyridine rings is 1. The Bertz CT molecular complexity index is 1190. The maximum Gasteiger partial charge on any atom is 0.437 e. The Kier molecular flexibility index (Phi) is 6.31. The molecular weight excluding hydrogens is 437 g/mol. The molecule has 1 aliphatic heterocycles. The summed E-state index contributed by atoms with van der Waals surface area (Å²) in [4.78, 5) is 27.4. The molecule has 0 saturated carbocycles. The van der Waals surface area contributed by atoms with Crippen LogP contribution in [0, 0.1) is 11.8 Å². The topological polar surface area (TPSA) is 78.1 Å². The Balaban J connectivity index is 1.55. The Labute approximate surface area is 189 Å². The number of hydrogen-bond donors (Lipinski definition) is 0. The van der Waals surface area contributed by atoms with E-state index in [2.05, 4.69) is 21.8 Å². The molecule has 3 aromatic rings. The van der Waals surface area contributed by atoms with Gasteiger partial charge in [-0.2, -0.15) is 13.2 Å². The van der Waals surface area contributed by atoms with Gasteiger partial charge in [-0.1, -0.05) is 6.92 Å². The van der Waals surface area contributed by atoms with Crippen molar-refractivity contribution < 1.29 is 17.9 Å². The van der Waals surface area contributed by atoms with E-state index in [-0.39, 0.29) is 29.9 Å². The average Bonchev–Trinajstić information content (AvgIpc) is 3.06. The second-order valence-electron chi connectivity index (χ2n) is 8.42. The molecule has 0 radical (unpaired) electrons. The summed E-state index contributed by atoms with van der Waals surface area (Å²) in [5.74, 6) is 0.673. The highest BCUT2D eigenvalue weighted by atomic mass is 19.4. The second-order valence-corrected chi connectivity index (χ2v) is 8.42. The molecule has 0 spiro atoms. The number of fused-ring (bicyclic) bond motifs is 1. The third kappa shape index (κ3) is 4.53. The minimum absolute atomic E-state index is 0.00106. The summed E-state index contributed by atoms with van der Waals surface area (Å²) in [5.41, 5.74) is -0.0604. The second kappa shape index (κ2) is 9.03. The van der Waals surface area contributed by atoms with Crippen LogP contribution in [0.1, 0.15) is 32.9 Å². The molecule has 0 amide bonds. The summed E-state index contributed by atoms with van der Waals surface area (Å²) in [6, 6.07) is 2.72. The van der Waals surface area contributed by atoms with Crippen LogP contribution < -0.4 is 15.3 Å². The molecule has 0 aliphatic carbocycles. The van der Waals surface area contributed by atoms with E-state index in [9.17, 15) is 18.0 Å². The lowest BCUT2D eigenvalue weighted by Gasteiger charge is -2.37. The summed E-state index contributed by atoms with van der Waals surface area (Å²) < 4.78 is 48.4. The zero-order valence-corrected chi connectivity index (χ0v) is 18.8. The first-order valence-electron chi connectivity index (χ1n) is 11.1. The lowest BCUT2D eigenvalue weighted by molar-refractivity contribution is -0.142. The number of aryl methyl sites for hydroxylation is 2. The molecule has 2 unspecified atom stereocenters. The lowest BCUT2D eigenvalue weighted by Crippen LogP contribution is -2.42. The summed E-state index contributed by atoms with van der Waals surface area (Å²) >= 11 is 0. The number of anilines is 1. The molecule has 1 aliphatic rings. The normalized spacial score (nSPS) is 19.3. The van der Waals surface area contributed by atoms with E-state index in [0.717, 1.165) is 19.2 Å². The van der Waals surface area contributed by atoms with Crippen LogP contribution in [0.25, 0.3) is 11.3 Å². The molecule has 8 nitrogen and oxygen atoms in total. The fourth-order valence-electron chi connectivity index (χ4n) is 4.50. The number of halogens is 3. The summed E-state index contributed by atoms with van der Waals surface area (Å²) in [6.45, 7) is 8.30. The number of aromatic nitrogens is 5. The van der Waals surface area contributed by atoms with Crippen LogP contribution in [-0.4, -0.2) is 43.8 Å². The van der Waals surface area contributed by atoms with Crippen molar-refractivity contribution in [2.24, 2.45) is 11.8 Å². The number of ether oxygens (including phenoxy) is 1. The van der Waals surface area contributed by atoms with E-state index in [1.807, 2.05) is 13.8 Å². The molecule has 178 valence electrons. The van der Waals surface area contributed by atoms with Gasteiger partial charge in [0.25, 0.3) is 0 Å².